The van der Waals surface area contributed by atoms with Gasteiger partial charge in [0.25, 0.3) is 0 Å². The molecule has 4 aliphatic rings. The highest BCUT2D eigenvalue weighted by atomic mass is 32.2. The van der Waals surface area contributed by atoms with Gasteiger partial charge in [-0.25, -0.2) is 4.98 Å². The molecule has 6 rings (SSSR count). The standard InChI is InChI=1S/C22H26N4O3S/c27-14-21(6-7-21)25-19-18-17(5-12-30(18)28)23-20(24-19)26-10-8-22(9-11-26)16-4-2-1-3-15(16)13-29-22/h1-4,27H,5-14H2,(H,23,24,25). The van der Waals surface area contributed by atoms with Crippen LogP contribution in [-0.4, -0.2) is 50.3 Å². The summed E-state index contributed by atoms with van der Waals surface area (Å²) in [6, 6.07) is 8.53. The molecule has 0 radical (unpaired) electrons. The predicted molar refractivity (Wildman–Crippen MR) is 114 cm³/mol. The Bertz CT molecular complexity index is 1030. The van der Waals surface area contributed by atoms with Gasteiger partial charge in [-0.1, -0.05) is 24.3 Å². The van der Waals surface area contributed by atoms with Gasteiger partial charge < -0.3 is 20.1 Å². The van der Waals surface area contributed by atoms with Crippen molar-refractivity contribution in [3.8, 4) is 0 Å². The molecule has 8 heteroatoms. The number of hydrogen-bond acceptors (Lipinski definition) is 7. The van der Waals surface area contributed by atoms with Crippen molar-refractivity contribution in [2.75, 3.05) is 35.7 Å². The molecule has 30 heavy (non-hydrogen) atoms. The molecule has 2 N–H and O–H groups in total. The first-order valence-electron chi connectivity index (χ1n) is 10.8. The summed E-state index contributed by atoms with van der Waals surface area (Å²) in [5.74, 6) is 1.95. The molecule has 3 aliphatic heterocycles. The zero-order chi connectivity index (χ0) is 20.3. The third-order valence-electron chi connectivity index (χ3n) is 7.08. The molecule has 1 aromatic heterocycles. The number of aliphatic hydroxyl groups is 1. The summed E-state index contributed by atoms with van der Waals surface area (Å²) in [4.78, 5) is 12.6. The van der Waals surface area contributed by atoms with Crippen LogP contribution in [-0.2, 0) is 34.2 Å². The fraction of sp³-hybridized carbons (Fsp3) is 0.545. The summed E-state index contributed by atoms with van der Waals surface area (Å²) < 4.78 is 18.8. The fourth-order valence-electron chi connectivity index (χ4n) is 5.00. The lowest BCUT2D eigenvalue weighted by atomic mass is 9.84. The first-order valence-corrected chi connectivity index (χ1v) is 12.1. The van der Waals surface area contributed by atoms with Crippen LogP contribution in [0.1, 0.15) is 42.5 Å². The maximum atomic E-state index is 12.6. The SMILES string of the molecule is O=S1CCc2nc(N3CCC4(CC3)OCc3ccccc34)nc(NC3(CO)CC3)c21. The van der Waals surface area contributed by atoms with Gasteiger partial charge in [-0.2, -0.15) is 4.98 Å². The van der Waals surface area contributed by atoms with Crippen molar-refractivity contribution in [3.05, 3.63) is 41.1 Å². The maximum absolute atomic E-state index is 12.6. The molecule has 1 aliphatic carbocycles. The van der Waals surface area contributed by atoms with E-state index >= 15 is 0 Å². The largest absolute Gasteiger partial charge is 0.394 e. The summed E-state index contributed by atoms with van der Waals surface area (Å²) >= 11 is 0. The highest BCUT2D eigenvalue weighted by Crippen LogP contribution is 2.45. The minimum Gasteiger partial charge on any atom is -0.394 e. The molecular formula is C22H26N4O3S. The van der Waals surface area contributed by atoms with Gasteiger partial charge >= 0.3 is 0 Å². The maximum Gasteiger partial charge on any atom is 0.227 e. The van der Waals surface area contributed by atoms with E-state index in [0.717, 1.165) is 49.4 Å². The van der Waals surface area contributed by atoms with Gasteiger partial charge in [-0.05, 0) is 36.8 Å². The van der Waals surface area contributed by atoms with Gasteiger partial charge in [0.15, 0.2) is 0 Å². The van der Waals surface area contributed by atoms with Crippen LogP contribution >= 0.6 is 0 Å². The fourth-order valence-corrected chi connectivity index (χ4v) is 6.31. The van der Waals surface area contributed by atoms with E-state index < -0.39 is 10.8 Å². The molecule has 1 saturated heterocycles. The van der Waals surface area contributed by atoms with E-state index in [1.807, 2.05) is 0 Å². The molecule has 0 amide bonds. The average Bonchev–Trinajstić information content (AvgIpc) is 3.33. The van der Waals surface area contributed by atoms with Gasteiger partial charge in [0, 0.05) is 25.3 Å². The summed E-state index contributed by atoms with van der Waals surface area (Å²) in [6.07, 6.45) is 4.34. The van der Waals surface area contributed by atoms with Crippen molar-refractivity contribution in [2.24, 2.45) is 0 Å². The zero-order valence-electron chi connectivity index (χ0n) is 16.9. The van der Waals surface area contributed by atoms with E-state index in [1.54, 1.807) is 0 Å². The van der Waals surface area contributed by atoms with Gasteiger partial charge in [-0.3, -0.25) is 4.21 Å². The van der Waals surface area contributed by atoms with Crippen molar-refractivity contribution in [3.63, 3.8) is 0 Å². The van der Waals surface area contributed by atoms with Gasteiger partial charge in [0.2, 0.25) is 5.95 Å². The number of rotatable bonds is 4. The minimum atomic E-state index is -1.07. The molecule has 1 atom stereocenters. The number of anilines is 2. The molecule has 158 valence electrons. The number of piperidine rings is 1. The van der Waals surface area contributed by atoms with Crippen molar-refractivity contribution in [1.29, 1.82) is 0 Å². The highest BCUT2D eigenvalue weighted by molar-refractivity contribution is 7.85. The normalized spacial score (nSPS) is 25.2. The Morgan fingerprint density at radius 3 is 2.73 bits per heavy atom. The molecular weight excluding hydrogens is 400 g/mol. The zero-order valence-corrected chi connectivity index (χ0v) is 17.7. The van der Waals surface area contributed by atoms with E-state index in [-0.39, 0.29) is 17.7 Å². The number of nitrogens with one attached hydrogen (secondary N) is 1. The van der Waals surface area contributed by atoms with Gasteiger partial charge in [0.1, 0.15) is 10.7 Å². The quantitative estimate of drug-likeness (QED) is 0.774. The van der Waals surface area contributed by atoms with Gasteiger partial charge in [0.05, 0.1) is 40.8 Å². The van der Waals surface area contributed by atoms with E-state index in [2.05, 4.69) is 34.5 Å². The van der Waals surface area contributed by atoms with Crippen molar-refractivity contribution >= 4 is 22.6 Å². The Morgan fingerprint density at radius 1 is 1.17 bits per heavy atom. The Morgan fingerprint density at radius 2 is 1.97 bits per heavy atom. The minimum absolute atomic E-state index is 0.0662. The second-order valence-electron chi connectivity index (χ2n) is 8.94. The van der Waals surface area contributed by atoms with E-state index in [1.165, 1.54) is 11.1 Å². The molecule has 1 spiro atoms. The molecule has 2 aromatic rings. The van der Waals surface area contributed by atoms with Crippen molar-refractivity contribution in [2.45, 2.75) is 54.7 Å². The second kappa shape index (κ2) is 6.73. The topological polar surface area (TPSA) is 87.6 Å². The molecule has 4 heterocycles. The number of hydrogen-bond donors (Lipinski definition) is 2. The Balaban J connectivity index is 1.28. The summed E-state index contributed by atoms with van der Waals surface area (Å²) in [7, 11) is -1.07. The number of fused-ring (bicyclic) bond motifs is 3. The van der Waals surface area contributed by atoms with Crippen molar-refractivity contribution < 1.29 is 14.1 Å². The lowest BCUT2D eigenvalue weighted by Gasteiger charge is -2.39. The third-order valence-corrected chi connectivity index (χ3v) is 8.54. The Labute approximate surface area is 178 Å². The smallest absolute Gasteiger partial charge is 0.227 e. The van der Waals surface area contributed by atoms with Crippen LogP contribution in [0, 0.1) is 0 Å². The second-order valence-corrected chi connectivity index (χ2v) is 10.4. The van der Waals surface area contributed by atoms with Crippen LogP contribution < -0.4 is 10.2 Å². The first kappa shape index (κ1) is 18.7. The third kappa shape index (κ3) is 2.88. The molecule has 2 fully saturated rings. The number of nitrogens with zero attached hydrogens (tertiary/aromatic N) is 3. The number of ether oxygens (including phenoxy) is 1. The predicted octanol–water partition coefficient (Wildman–Crippen LogP) is 2.10. The van der Waals surface area contributed by atoms with E-state index in [0.29, 0.717) is 30.5 Å². The number of benzene rings is 1. The molecule has 1 aromatic carbocycles. The molecule has 7 nitrogen and oxygen atoms in total. The Hall–Kier alpha value is -2.03. The number of aryl methyl sites for hydroxylation is 1. The number of aliphatic hydroxyl groups excluding tert-OH is 1. The van der Waals surface area contributed by atoms with E-state index in [4.69, 9.17) is 14.7 Å². The summed E-state index contributed by atoms with van der Waals surface area (Å²) in [5.41, 5.74) is 3.02. The highest BCUT2D eigenvalue weighted by Gasteiger charge is 2.45. The number of aromatic nitrogens is 2. The monoisotopic (exact) mass is 426 g/mol. The Kier molecular flexibility index (Phi) is 4.20. The lowest BCUT2D eigenvalue weighted by molar-refractivity contribution is -0.0552. The summed E-state index contributed by atoms with van der Waals surface area (Å²) in [6.45, 7) is 2.40. The molecule has 1 unspecified atom stereocenters. The molecule has 1 saturated carbocycles. The van der Waals surface area contributed by atoms with E-state index in [9.17, 15) is 9.32 Å². The lowest BCUT2D eigenvalue weighted by Crippen LogP contribution is -2.43. The first-order chi connectivity index (χ1) is 14.6. The van der Waals surface area contributed by atoms with Crippen LogP contribution in [0.2, 0.25) is 0 Å². The average molecular weight is 427 g/mol. The van der Waals surface area contributed by atoms with Crippen LogP contribution in [0.15, 0.2) is 29.2 Å². The van der Waals surface area contributed by atoms with Gasteiger partial charge in [-0.15, -0.1) is 0 Å². The van der Waals surface area contributed by atoms with Crippen LogP contribution in [0.4, 0.5) is 11.8 Å². The molecule has 0 bridgehead atoms. The summed E-state index contributed by atoms with van der Waals surface area (Å²) in [5, 5.41) is 13.1. The van der Waals surface area contributed by atoms with Crippen LogP contribution in [0.5, 0.6) is 0 Å². The van der Waals surface area contributed by atoms with Crippen LogP contribution in [0.3, 0.4) is 0 Å². The van der Waals surface area contributed by atoms with Crippen molar-refractivity contribution in [1.82, 2.24) is 9.97 Å². The van der Waals surface area contributed by atoms with Crippen LogP contribution in [0.25, 0.3) is 0 Å².